The molecule has 1 heterocycles. The quantitative estimate of drug-likeness (QED) is 0.657. The van der Waals surface area contributed by atoms with Gasteiger partial charge in [-0.1, -0.05) is 11.6 Å². The highest BCUT2D eigenvalue weighted by Crippen LogP contribution is 2.24. The molecule has 4 heteroatoms. The Morgan fingerprint density at radius 2 is 2.08 bits per heavy atom. The zero-order chi connectivity index (χ0) is 9.42. The number of halogens is 1. The number of rotatable bonds is 0. The van der Waals surface area contributed by atoms with Gasteiger partial charge in [0.15, 0.2) is 0 Å². The third-order valence-corrected chi connectivity index (χ3v) is 1.99. The summed E-state index contributed by atoms with van der Waals surface area (Å²) in [5, 5.41) is 10.0. The molecule has 0 radical (unpaired) electrons. The maximum absolute atomic E-state index is 10.9. The van der Waals surface area contributed by atoms with Gasteiger partial charge in [0.2, 0.25) is 0 Å². The zero-order valence-corrected chi connectivity index (χ0v) is 7.21. The molecule has 1 aromatic heterocycles. The van der Waals surface area contributed by atoms with Crippen LogP contribution < -0.4 is 5.63 Å². The van der Waals surface area contributed by atoms with Crippen LogP contribution in [0.5, 0.6) is 5.75 Å². The van der Waals surface area contributed by atoms with Crippen molar-refractivity contribution >= 4 is 22.6 Å². The predicted molar refractivity (Wildman–Crippen MR) is 49.2 cm³/mol. The largest absolute Gasteiger partial charge is 0.508 e. The summed E-state index contributed by atoms with van der Waals surface area (Å²) < 4.78 is 4.82. The van der Waals surface area contributed by atoms with Crippen molar-refractivity contribution in [2.75, 3.05) is 0 Å². The highest BCUT2D eigenvalue weighted by molar-refractivity contribution is 6.35. The number of benzene rings is 1. The summed E-state index contributed by atoms with van der Waals surface area (Å²) >= 11 is 5.77. The third kappa shape index (κ3) is 1.38. The van der Waals surface area contributed by atoms with Gasteiger partial charge in [-0.3, -0.25) is 0 Å². The lowest BCUT2D eigenvalue weighted by Crippen LogP contribution is -1.95. The number of hydrogen-bond acceptors (Lipinski definition) is 3. The van der Waals surface area contributed by atoms with E-state index in [4.69, 9.17) is 21.1 Å². The fourth-order valence-electron chi connectivity index (χ4n) is 1.11. The fraction of sp³-hybridized carbons (Fsp3) is 0. The van der Waals surface area contributed by atoms with Crippen molar-refractivity contribution in [2.45, 2.75) is 0 Å². The Bertz CT molecular complexity index is 516. The molecule has 2 aromatic rings. The van der Waals surface area contributed by atoms with Crippen molar-refractivity contribution < 1.29 is 9.52 Å². The highest BCUT2D eigenvalue weighted by atomic mass is 35.5. The van der Waals surface area contributed by atoms with Crippen molar-refractivity contribution in [3.05, 3.63) is 39.7 Å². The Morgan fingerprint density at radius 1 is 1.31 bits per heavy atom. The van der Waals surface area contributed by atoms with Crippen molar-refractivity contribution in [3.63, 3.8) is 0 Å². The smallest absolute Gasteiger partial charge is 0.337 e. The molecule has 13 heavy (non-hydrogen) atoms. The molecule has 3 nitrogen and oxygen atoms in total. The maximum Gasteiger partial charge on any atom is 0.337 e. The fourth-order valence-corrected chi connectivity index (χ4v) is 1.36. The summed E-state index contributed by atoms with van der Waals surface area (Å²) in [5.74, 6) is 0.0397. The van der Waals surface area contributed by atoms with E-state index in [1.807, 2.05) is 0 Å². The van der Waals surface area contributed by atoms with Gasteiger partial charge in [-0.25, -0.2) is 4.79 Å². The first kappa shape index (κ1) is 8.13. The van der Waals surface area contributed by atoms with Gasteiger partial charge in [-0.2, -0.15) is 0 Å². The summed E-state index contributed by atoms with van der Waals surface area (Å²) in [4.78, 5) is 10.9. The highest BCUT2D eigenvalue weighted by Gasteiger charge is 2.03. The average Bonchev–Trinajstić information content (AvgIpc) is 2.02. The van der Waals surface area contributed by atoms with E-state index in [1.54, 1.807) is 6.07 Å². The van der Waals surface area contributed by atoms with E-state index in [0.29, 0.717) is 10.4 Å². The molecule has 1 aromatic carbocycles. The normalized spacial score (nSPS) is 10.5. The molecule has 0 fully saturated rings. The summed E-state index contributed by atoms with van der Waals surface area (Å²) in [6, 6.07) is 5.62. The van der Waals surface area contributed by atoms with E-state index in [2.05, 4.69) is 0 Å². The second-order valence-corrected chi connectivity index (χ2v) is 3.00. The summed E-state index contributed by atoms with van der Waals surface area (Å²) in [5.41, 5.74) is -0.236. The van der Waals surface area contributed by atoms with Gasteiger partial charge in [0.25, 0.3) is 0 Å². The van der Waals surface area contributed by atoms with E-state index in [9.17, 15) is 4.79 Å². The van der Waals surface area contributed by atoms with Gasteiger partial charge < -0.3 is 9.52 Å². The zero-order valence-electron chi connectivity index (χ0n) is 6.45. The van der Waals surface area contributed by atoms with E-state index >= 15 is 0 Å². The Hall–Kier alpha value is -1.48. The van der Waals surface area contributed by atoms with Gasteiger partial charge in [-0.05, 0) is 12.1 Å². The molecule has 0 saturated carbocycles. The van der Waals surface area contributed by atoms with Crippen molar-refractivity contribution in [1.82, 2.24) is 0 Å². The minimum atomic E-state index is -0.525. The number of hydrogen-bond donors (Lipinski definition) is 1. The van der Waals surface area contributed by atoms with Crippen LogP contribution in [-0.2, 0) is 0 Å². The molecule has 0 unspecified atom stereocenters. The van der Waals surface area contributed by atoms with Gasteiger partial charge in [-0.15, -0.1) is 0 Å². The monoisotopic (exact) mass is 196 g/mol. The van der Waals surface area contributed by atoms with Crippen LogP contribution >= 0.6 is 11.6 Å². The molecule has 0 spiro atoms. The first-order chi connectivity index (χ1) is 6.16. The van der Waals surface area contributed by atoms with Crippen LogP contribution in [0, 0.1) is 0 Å². The Kier molecular flexibility index (Phi) is 1.74. The van der Waals surface area contributed by atoms with Crippen LogP contribution in [0.2, 0.25) is 5.02 Å². The van der Waals surface area contributed by atoms with Gasteiger partial charge in [0.1, 0.15) is 11.3 Å². The Morgan fingerprint density at radius 3 is 2.85 bits per heavy atom. The molecule has 0 saturated heterocycles. The molecule has 0 amide bonds. The molecule has 0 aliphatic rings. The number of phenols is 1. The van der Waals surface area contributed by atoms with E-state index in [0.717, 1.165) is 0 Å². The Balaban J connectivity index is 2.94. The van der Waals surface area contributed by atoms with E-state index in [1.165, 1.54) is 18.2 Å². The molecule has 1 N–H and O–H groups in total. The minimum absolute atomic E-state index is 0.0397. The van der Waals surface area contributed by atoms with Crippen LogP contribution in [0.1, 0.15) is 0 Å². The van der Waals surface area contributed by atoms with Crippen molar-refractivity contribution in [3.8, 4) is 5.75 Å². The Labute approximate surface area is 78.2 Å². The molecular formula is C9H5ClO3. The third-order valence-electron chi connectivity index (χ3n) is 1.68. The lowest BCUT2D eigenvalue weighted by molar-refractivity contribution is 0.473. The molecular weight excluding hydrogens is 192 g/mol. The topological polar surface area (TPSA) is 50.4 Å². The molecule has 0 aliphatic carbocycles. The van der Waals surface area contributed by atoms with Crippen LogP contribution in [0.3, 0.4) is 0 Å². The van der Waals surface area contributed by atoms with Crippen molar-refractivity contribution in [2.24, 2.45) is 0 Å². The van der Waals surface area contributed by atoms with Crippen LogP contribution in [-0.4, -0.2) is 5.11 Å². The summed E-state index contributed by atoms with van der Waals surface area (Å²) in [7, 11) is 0. The standard InChI is InChI=1S/C9H5ClO3/c10-7-4-9(12)13-8-3-5(11)1-2-6(7)8/h1-4,11H. The van der Waals surface area contributed by atoms with Crippen molar-refractivity contribution in [1.29, 1.82) is 0 Å². The summed E-state index contributed by atoms with van der Waals surface area (Å²) in [6.45, 7) is 0. The number of phenolic OH excluding ortho intramolecular Hbond substituents is 1. The van der Waals surface area contributed by atoms with Crippen LogP contribution in [0.4, 0.5) is 0 Å². The predicted octanol–water partition coefficient (Wildman–Crippen LogP) is 2.15. The average molecular weight is 197 g/mol. The second-order valence-electron chi connectivity index (χ2n) is 2.59. The first-order valence-electron chi connectivity index (χ1n) is 3.59. The van der Waals surface area contributed by atoms with E-state index < -0.39 is 5.63 Å². The molecule has 66 valence electrons. The minimum Gasteiger partial charge on any atom is -0.508 e. The first-order valence-corrected chi connectivity index (χ1v) is 3.97. The molecule has 0 aliphatic heterocycles. The van der Waals surface area contributed by atoms with Crippen LogP contribution in [0.25, 0.3) is 11.0 Å². The lowest BCUT2D eigenvalue weighted by atomic mass is 10.2. The van der Waals surface area contributed by atoms with Gasteiger partial charge in [0.05, 0.1) is 5.02 Å². The van der Waals surface area contributed by atoms with Gasteiger partial charge >= 0.3 is 5.63 Å². The molecule has 0 bridgehead atoms. The van der Waals surface area contributed by atoms with Gasteiger partial charge in [0, 0.05) is 17.5 Å². The van der Waals surface area contributed by atoms with Crippen LogP contribution in [0.15, 0.2) is 33.5 Å². The number of aromatic hydroxyl groups is 1. The number of fused-ring (bicyclic) bond motifs is 1. The second kappa shape index (κ2) is 2.78. The molecule has 2 rings (SSSR count). The van der Waals surface area contributed by atoms with E-state index in [-0.39, 0.29) is 11.3 Å². The molecule has 0 atom stereocenters. The summed E-state index contributed by atoms with van der Waals surface area (Å²) in [6.07, 6.45) is 0. The maximum atomic E-state index is 10.9. The lowest BCUT2D eigenvalue weighted by Gasteiger charge is -1.98. The SMILES string of the molecule is O=c1cc(Cl)c2ccc(O)cc2o1.